The highest BCUT2D eigenvalue weighted by molar-refractivity contribution is 6.05. The van der Waals surface area contributed by atoms with Crippen molar-refractivity contribution in [3.63, 3.8) is 0 Å². The molecule has 1 amide bonds. The van der Waals surface area contributed by atoms with Gasteiger partial charge in [0.05, 0.1) is 18.5 Å². The highest BCUT2D eigenvalue weighted by Gasteiger charge is 2.13. The molecule has 4 rings (SSSR count). The van der Waals surface area contributed by atoms with Gasteiger partial charge in [0, 0.05) is 28.9 Å². The van der Waals surface area contributed by atoms with Gasteiger partial charge in [0.15, 0.2) is 0 Å². The van der Waals surface area contributed by atoms with Crippen LogP contribution in [0, 0.1) is 6.92 Å². The molecule has 2 aromatic carbocycles. The van der Waals surface area contributed by atoms with E-state index in [1.54, 1.807) is 23.1 Å². The molecule has 0 atom stereocenters. The Morgan fingerprint density at radius 2 is 2.00 bits per heavy atom. The number of nitrogens with one attached hydrogen (secondary N) is 1. The minimum Gasteiger partial charge on any atom is -0.473 e. The van der Waals surface area contributed by atoms with Crippen LogP contribution in [0.15, 0.2) is 54.9 Å². The summed E-state index contributed by atoms with van der Waals surface area (Å²) in [5, 5.41) is 17.2. The largest absolute Gasteiger partial charge is 0.473 e. The summed E-state index contributed by atoms with van der Waals surface area (Å²) in [5.74, 6) is 1.03. The molecule has 1 N–H and O–H groups in total. The van der Waals surface area contributed by atoms with E-state index in [2.05, 4.69) is 20.6 Å². The molecule has 0 aliphatic heterocycles. The van der Waals surface area contributed by atoms with Crippen molar-refractivity contribution < 1.29 is 9.53 Å². The van der Waals surface area contributed by atoms with Crippen LogP contribution in [-0.4, -0.2) is 32.0 Å². The lowest BCUT2D eigenvalue weighted by molar-refractivity contribution is 0.102. The average Bonchev–Trinajstić information content (AvgIpc) is 3.20. The molecule has 0 bridgehead atoms. The minimum absolute atomic E-state index is 0.0148. The van der Waals surface area contributed by atoms with Gasteiger partial charge in [-0.2, -0.15) is 10.2 Å². The summed E-state index contributed by atoms with van der Waals surface area (Å²) in [6.07, 6.45) is 3.42. The Hall–Kier alpha value is -3.74. The first-order chi connectivity index (χ1) is 15.0. The third kappa shape index (κ3) is 4.26. The maximum absolute atomic E-state index is 12.8. The fraction of sp³-hybridized carbons (Fsp3) is 0.250. The van der Waals surface area contributed by atoms with Crippen LogP contribution >= 0.6 is 0 Å². The Balaban J connectivity index is 1.68. The zero-order valence-corrected chi connectivity index (χ0v) is 18.1. The van der Waals surface area contributed by atoms with Gasteiger partial charge in [-0.1, -0.05) is 12.1 Å². The topological polar surface area (TPSA) is 81.9 Å². The van der Waals surface area contributed by atoms with Crippen molar-refractivity contribution in [3.8, 4) is 17.0 Å². The van der Waals surface area contributed by atoms with Crippen LogP contribution in [0.3, 0.4) is 0 Å². The maximum Gasteiger partial charge on any atom is 0.256 e. The molecule has 2 aromatic heterocycles. The van der Waals surface area contributed by atoms with Crippen LogP contribution in [0.5, 0.6) is 5.88 Å². The van der Waals surface area contributed by atoms with E-state index in [9.17, 15) is 4.79 Å². The summed E-state index contributed by atoms with van der Waals surface area (Å²) < 4.78 is 7.53. The van der Waals surface area contributed by atoms with Crippen molar-refractivity contribution in [2.45, 2.75) is 40.3 Å². The van der Waals surface area contributed by atoms with Crippen molar-refractivity contribution in [2.75, 3.05) is 5.32 Å². The van der Waals surface area contributed by atoms with E-state index in [1.807, 2.05) is 64.1 Å². The molecule has 0 saturated heterocycles. The van der Waals surface area contributed by atoms with Gasteiger partial charge in [0.2, 0.25) is 5.88 Å². The van der Waals surface area contributed by atoms with Crippen LogP contribution in [-0.2, 0) is 6.54 Å². The van der Waals surface area contributed by atoms with Crippen molar-refractivity contribution >= 4 is 22.5 Å². The SMILES string of the molecule is CCn1nccc1NC(=O)c1ccc(C)c(-c2ccc3c(OC(C)C)nncc3c2)c1. The summed E-state index contributed by atoms with van der Waals surface area (Å²) in [4.78, 5) is 12.8. The number of benzene rings is 2. The molecule has 0 fully saturated rings. The van der Waals surface area contributed by atoms with Gasteiger partial charge in [-0.3, -0.25) is 4.79 Å². The number of aryl methyl sites for hydroxylation is 2. The summed E-state index contributed by atoms with van der Waals surface area (Å²) in [7, 11) is 0. The van der Waals surface area contributed by atoms with Crippen molar-refractivity contribution in [1.29, 1.82) is 0 Å². The average molecular weight is 415 g/mol. The van der Waals surface area contributed by atoms with Crippen LogP contribution < -0.4 is 10.1 Å². The van der Waals surface area contributed by atoms with Crippen molar-refractivity contribution in [1.82, 2.24) is 20.0 Å². The summed E-state index contributed by atoms with van der Waals surface area (Å²) in [6, 6.07) is 13.6. The van der Waals surface area contributed by atoms with Gasteiger partial charge in [-0.05, 0) is 68.7 Å². The Kier molecular flexibility index (Phi) is 5.66. The normalized spacial score (nSPS) is 11.1. The van der Waals surface area contributed by atoms with E-state index < -0.39 is 0 Å². The monoisotopic (exact) mass is 415 g/mol. The molecule has 7 nitrogen and oxygen atoms in total. The predicted octanol–water partition coefficient (Wildman–Crippen LogP) is 4.86. The Labute approximate surface area is 181 Å². The number of amides is 1. The van der Waals surface area contributed by atoms with Crippen LogP contribution in [0.2, 0.25) is 0 Å². The van der Waals surface area contributed by atoms with Crippen molar-refractivity contribution in [2.24, 2.45) is 0 Å². The number of aromatic nitrogens is 4. The first-order valence-corrected chi connectivity index (χ1v) is 10.3. The Bertz CT molecular complexity index is 1250. The molecular formula is C24H25N5O2. The quantitative estimate of drug-likeness (QED) is 0.486. The second kappa shape index (κ2) is 8.55. The van der Waals surface area contributed by atoms with E-state index in [4.69, 9.17) is 4.74 Å². The van der Waals surface area contributed by atoms with Crippen LogP contribution in [0.25, 0.3) is 21.9 Å². The number of carbonyl (C=O) groups excluding carboxylic acids is 1. The number of nitrogens with zero attached hydrogens (tertiary/aromatic N) is 4. The molecular weight excluding hydrogens is 390 g/mol. The van der Waals surface area contributed by atoms with E-state index in [0.29, 0.717) is 23.8 Å². The number of carbonyl (C=O) groups is 1. The lowest BCUT2D eigenvalue weighted by Gasteiger charge is -2.13. The van der Waals surface area contributed by atoms with Gasteiger partial charge < -0.3 is 10.1 Å². The van der Waals surface area contributed by atoms with Gasteiger partial charge in [0.1, 0.15) is 5.82 Å². The zero-order chi connectivity index (χ0) is 22.0. The van der Waals surface area contributed by atoms with Gasteiger partial charge >= 0.3 is 0 Å². The van der Waals surface area contributed by atoms with E-state index in [-0.39, 0.29) is 12.0 Å². The molecule has 0 unspecified atom stereocenters. The summed E-state index contributed by atoms with van der Waals surface area (Å²) >= 11 is 0. The first kappa shape index (κ1) is 20.5. The molecule has 2 heterocycles. The van der Waals surface area contributed by atoms with Crippen LogP contribution in [0.4, 0.5) is 5.82 Å². The molecule has 158 valence electrons. The highest BCUT2D eigenvalue weighted by Crippen LogP contribution is 2.31. The number of hydrogen-bond acceptors (Lipinski definition) is 5. The molecule has 0 aliphatic carbocycles. The second-order valence-electron chi connectivity index (χ2n) is 7.63. The smallest absolute Gasteiger partial charge is 0.256 e. The summed E-state index contributed by atoms with van der Waals surface area (Å²) in [5.41, 5.74) is 3.65. The third-order valence-corrected chi connectivity index (χ3v) is 5.04. The molecule has 4 aromatic rings. The van der Waals surface area contributed by atoms with Crippen molar-refractivity contribution in [3.05, 3.63) is 66.0 Å². The highest BCUT2D eigenvalue weighted by atomic mass is 16.5. The fourth-order valence-corrected chi connectivity index (χ4v) is 3.49. The molecule has 31 heavy (non-hydrogen) atoms. The first-order valence-electron chi connectivity index (χ1n) is 10.3. The van der Waals surface area contributed by atoms with E-state index >= 15 is 0 Å². The van der Waals surface area contributed by atoms with Crippen LogP contribution in [0.1, 0.15) is 36.7 Å². The Morgan fingerprint density at radius 1 is 1.16 bits per heavy atom. The lowest BCUT2D eigenvalue weighted by Crippen LogP contribution is -2.15. The van der Waals surface area contributed by atoms with Gasteiger partial charge in [-0.25, -0.2) is 4.68 Å². The zero-order valence-electron chi connectivity index (χ0n) is 18.1. The molecule has 0 spiro atoms. The van der Waals surface area contributed by atoms with Gasteiger partial charge in [0.25, 0.3) is 5.91 Å². The number of anilines is 1. The third-order valence-electron chi connectivity index (χ3n) is 5.04. The standard InChI is InChI=1S/C24H25N5O2/c1-5-29-22(10-11-26-29)27-23(30)18-7-6-16(4)21(13-18)17-8-9-20-19(12-17)14-25-28-24(20)31-15(2)3/h6-15H,5H2,1-4H3,(H,27,30). The molecule has 0 radical (unpaired) electrons. The molecule has 0 saturated carbocycles. The number of ether oxygens (including phenoxy) is 1. The van der Waals surface area contributed by atoms with E-state index in [1.165, 1.54) is 0 Å². The maximum atomic E-state index is 12.8. The minimum atomic E-state index is -0.171. The van der Waals surface area contributed by atoms with E-state index in [0.717, 1.165) is 27.5 Å². The number of fused-ring (bicyclic) bond motifs is 1. The Morgan fingerprint density at radius 3 is 2.77 bits per heavy atom. The molecule has 0 aliphatic rings. The number of hydrogen-bond donors (Lipinski definition) is 1. The molecule has 7 heteroatoms. The fourth-order valence-electron chi connectivity index (χ4n) is 3.49. The second-order valence-corrected chi connectivity index (χ2v) is 7.63. The lowest BCUT2D eigenvalue weighted by atomic mass is 9.96. The summed E-state index contributed by atoms with van der Waals surface area (Å²) in [6.45, 7) is 8.62. The number of rotatable bonds is 6. The van der Waals surface area contributed by atoms with Gasteiger partial charge in [-0.15, -0.1) is 5.10 Å². The predicted molar refractivity (Wildman–Crippen MR) is 121 cm³/mol.